The van der Waals surface area contributed by atoms with Crippen molar-refractivity contribution in [3.63, 3.8) is 0 Å². The third-order valence-electron chi connectivity index (χ3n) is 3.41. The highest BCUT2D eigenvalue weighted by Crippen LogP contribution is 2.37. The van der Waals surface area contributed by atoms with E-state index in [9.17, 15) is 0 Å². The van der Waals surface area contributed by atoms with Crippen LogP contribution in [0.15, 0.2) is 0 Å². The smallest absolute Gasteiger partial charge is 0.202 e. The van der Waals surface area contributed by atoms with Crippen molar-refractivity contribution in [3.8, 4) is 0 Å². The minimum absolute atomic E-state index is 0.631. The van der Waals surface area contributed by atoms with Gasteiger partial charge in [-0.1, -0.05) is 6.92 Å². The van der Waals surface area contributed by atoms with Crippen LogP contribution >= 0.6 is 11.5 Å². The molecule has 2 atom stereocenters. The van der Waals surface area contributed by atoms with E-state index in [-0.39, 0.29) is 0 Å². The summed E-state index contributed by atoms with van der Waals surface area (Å²) in [6.07, 6.45) is 6.50. The van der Waals surface area contributed by atoms with Crippen molar-refractivity contribution in [3.05, 3.63) is 5.82 Å². The SMILES string of the molecule is CC1CCC(c2nsc(NC3CC3)n2)C1. The van der Waals surface area contributed by atoms with Crippen LogP contribution in [0.4, 0.5) is 5.13 Å². The fourth-order valence-electron chi connectivity index (χ4n) is 2.30. The van der Waals surface area contributed by atoms with Gasteiger partial charge >= 0.3 is 0 Å². The fraction of sp³-hybridized carbons (Fsp3) is 0.818. The van der Waals surface area contributed by atoms with Crippen LogP contribution < -0.4 is 5.32 Å². The summed E-state index contributed by atoms with van der Waals surface area (Å²) in [6, 6.07) is 0.688. The van der Waals surface area contributed by atoms with Gasteiger partial charge in [-0.3, -0.25) is 0 Å². The molecule has 0 aromatic carbocycles. The van der Waals surface area contributed by atoms with Gasteiger partial charge in [0, 0.05) is 23.5 Å². The molecule has 2 aliphatic carbocycles. The second-order valence-electron chi connectivity index (χ2n) is 4.99. The molecule has 82 valence electrons. The van der Waals surface area contributed by atoms with E-state index in [4.69, 9.17) is 0 Å². The first-order chi connectivity index (χ1) is 7.31. The van der Waals surface area contributed by atoms with E-state index in [1.807, 2.05) is 0 Å². The second-order valence-corrected chi connectivity index (χ2v) is 5.74. The number of aromatic nitrogens is 2. The predicted octanol–water partition coefficient (Wildman–Crippen LogP) is 3.02. The van der Waals surface area contributed by atoms with Crippen LogP contribution in [0.1, 0.15) is 50.8 Å². The Morgan fingerprint density at radius 2 is 2.13 bits per heavy atom. The van der Waals surface area contributed by atoms with Gasteiger partial charge in [-0.15, -0.1) is 0 Å². The summed E-state index contributed by atoms with van der Waals surface area (Å²) < 4.78 is 4.48. The highest BCUT2D eigenvalue weighted by atomic mass is 32.1. The average molecular weight is 223 g/mol. The van der Waals surface area contributed by atoms with Crippen molar-refractivity contribution in [1.82, 2.24) is 9.36 Å². The Labute approximate surface area is 94.5 Å². The Morgan fingerprint density at radius 3 is 2.80 bits per heavy atom. The average Bonchev–Trinajstić information content (AvgIpc) is 2.74. The topological polar surface area (TPSA) is 37.8 Å². The van der Waals surface area contributed by atoms with Gasteiger partial charge in [0.05, 0.1) is 0 Å². The summed E-state index contributed by atoms with van der Waals surface area (Å²) in [4.78, 5) is 4.60. The molecule has 0 bridgehead atoms. The Kier molecular flexibility index (Phi) is 2.39. The van der Waals surface area contributed by atoms with E-state index >= 15 is 0 Å². The summed E-state index contributed by atoms with van der Waals surface area (Å²) in [5.74, 6) is 2.58. The maximum atomic E-state index is 4.60. The van der Waals surface area contributed by atoms with Crippen molar-refractivity contribution >= 4 is 16.7 Å². The van der Waals surface area contributed by atoms with Gasteiger partial charge < -0.3 is 5.32 Å². The zero-order chi connectivity index (χ0) is 10.3. The zero-order valence-corrected chi connectivity index (χ0v) is 9.89. The van der Waals surface area contributed by atoms with Gasteiger partial charge in [-0.05, 0) is 38.0 Å². The first-order valence-electron chi connectivity index (χ1n) is 5.91. The molecular weight excluding hydrogens is 206 g/mol. The molecule has 0 aliphatic heterocycles. The van der Waals surface area contributed by atoms with E-state index in [1.165, 1.54) is 43.6 Å². The summed E-state index contributed by atoms with van der Waals surface area (Å²) in [7, 11) is 0. The number of anilines is 1. The molecule has 2 saturated carbocycles. The van der Waals surface area contributed by atoms with Crippen LogP contribution in [-0.4, -0.2) is 15.4 Å². The van der Waals surface area contributed by atoms with Crippen molar-refractivity contribution in [2.75, 3.05) is 5.32 Å². The number of nitrogens with one attached hydrogen (secondary N) is 1. The van der Waals surface area contributed by atoms with E-state index in [0.29, 0.717) is 12.0 Å². The lowest BCUT2D eigenvalue weighted by Gasteiger charge is -2.03. The molecule has 1 aromatic heterocycles. The Hall–Kier alpha value is -0.640. The van der Waals surface area contributed by atoms with Gasteiger partial charge in [0.15, 0.2) is 0 Å². The molecule has 3 nitrogen and oxygen atoms in total. The highest BCUT2D eigenvalue weighted by Gasteiger charge is 2.27. The minimum atomic E-state index is 0.631. The minimum Gasteiger partial charge on any atom is -0.358 e. The maximum Gasteiger partial charge on any atom is 0.202 e. The van der Waals surface area contributed by atoms with Crippen LogP contribution in [0.25, 0.3) is 0 Å². The maximum absolute atomic E-state index is 4.60. The first kappa shape index (κ1) is 9.58. The number of hydrogen-bond acceptors (Lipinski definition) is 4. The highest BCUT2D eigenvalue weighted by molar-refractivity contribution is 7.09. The van der Waals surface area contributed by atoms with Crippen molar-refractivity contribution in [2.24, 2.45) is 5.92 Å². The Morgan fingerprint density at radius 1 is 1.27 bits per heavy atom. The molecule has 0 spiro atoms. The number of rotatable bonds is 3. The van der Waals surface area contributed by atoms with Gasteiger partial charge in [-0.2, -0.15) is 4.37 Å². The van der Waals surface area contributed by atoms with Crippen molar-refractivity contribution < 1.29 is 0 Å². The zero-order valence-electron chi connectivity index (χ0n) is 9.07. The quantitative estimate of drug-likeness (QED) is 0.856. The molecule has 2 aliphatic rings. The van der Waals surface area contributed by atoms with Gasteiger partial charge in [-0.25, -0.2) is 4.98 Å². The second kappa shape index (κ2) is 3.74. The lowest BCUT2D eigenvalue weighted by molar-refractivity contribution is 0.588. The molecule has 1 heterocycles. The van der Waals surface area contributed by atoms with Crippen molar-refractivity contribution in [1.29, 1.82) is 0 Å². The standard InChI is InChI=1S/C11H17N3S/c1-7-2-3-8(6-7)10-13-11(15-14-10)12-9-4-5-9/h7-9H,2-6H2,1H3,(H,12,13,14). The van der Waals surface area contributed by atoms with E-state index in [2.05, 4.69) is 21.6 Å². The Bertz CT molecular complexity index is 345. The third kappa shape index (κ3) is 2.14. The van der Waals surface area contributed by atoms with Crippen LogP contribution in [0, 0.1) is 5.92 Å². The van der Waals surface area contributed by atoms with E-state index in [0.717, 1.165) is 16.9 Å². The van der Waals surface area contributed by atoms with Crippen LogP contribution in [0.2, 0.25) is 0 Å². The summed E-state index contributed by atoms with van der Waals surface area (Å²) >= 11 is 1.53. The fourth-order valence-corrected chi connectivity index (χ4v) is 3.03. The lowest BCUT2D eigenvalue weighted by Crippen LogP contribution is -2.01. The van der Waals surface area contributed by atoms with Crippen LogP contribution in [0.3, 0.4) is 0 Å². The molecular formula is C11H17N3S. The molecule has 4 heteroatoms. The lowest BCUT2D eigenvalue weighted by atomic mass is 10.1. The van der Waals surface area contributed by atoms with E-state index in [1.54, 1.807) is 0 Å². The Balaban J connectivity index is 1.66. The summed E-state index contributed by atoms with van der Waals surface area (Å²) in [5, 5.41) is 4.45. The van der Waals surface area contributed by atoms with E-state index < -0.39 is 0 Å². The monoisotopic (exact) mass is 223 g/mol. The molecule has 15 heavy (non-hydrogen) atoms. The largest absolute Gasteiger partial charge is 0.358 e. The first-order valence-corrected chi connectivity index (χ1v) is 6.69. The molecule has 0 saturated heterocycles. The molecule has 3 rings (SSSR count). The number of nitrogens with zero attached hydrogens (tertiary/aromatic N) is 2. The van der Waals surface area contributed by atoms with Crippen LogP contribution in [-0.2, 0) is 0 Å². The van der Waals surface area contributed by atoms with Gasteiger partial charge in [0.2, 0.25) is 5.13 Å². The van der Waals surface area contributed by atoms with Crippen LogP contribution in [0.5, 0.6) is 0 Å². The summed E-state index contributed by atoms with van der Waals surface area (Å²) in [5.41, 5.74) is 0. The summed E-state index contributed by atoms with van der Waals surface area (Å²) in [6.45, 7) is 2.33. The normalized spacial score (nSPS) is 30.7. The van der Waals surface area contributed by atoms with Crippen molar-refractivity contribution in [2.45, 2.75) is 51.0 Å². The predicted molar refractivity (Wildman–Crippen MR) is 62.3 cm³/mol. The molecule has 1 N–H and O–H groups in total. The third-order valence-corrected chi connectivity index (χ3v) is 4.07. The molecule has 0 amide bonds. The molecule has 2 fully saturated rings. The molecule has 0 radical (unpaired) electrons. The van der Waals surface area contributed by atoms with Gasteiger partial charge in [0.25, 0.3) is 0 Å². The van der Waals surface area contributed by atoms with Gasteiger partial charge in [0.1, 0.15) is 5.82 Å². The molecule has 1 aromatic rings. The number of hydrogen-bond donors (Lipinski definition) is 1. The molecule has 2 unspecified atom stereocenters.